The van der Waals surface area contributed by atoms with Crippen LogP contribution in [0.5, 0.6) is 0 Å². The standard InChI is InChI=1S/C10H19N4/c1-3-5-8-13(9-6-4-2)14-10-7-11-12-14/h10H,3-6,8-9H2,1-2H3. The van der Waals surface area contributed by atoms with Crippen molar-refractivity contribution in [3.05, 3.63) is 12.4 Å². The average Bonchev–Trinajstić information content (AvgIpc) is 2.71. The van der Waals surface area contributed by atoms with Crippen molar-refractivity contribution >= 4 is 0 Å². The van der Waals surface area contributed by atoms with Crippen molar-refractivity contribution in [1.29, 1.82) is 0 Å². The summed E-state index contributed by atoms with van der Waals surface area (Å²) in [6.45, 7) is 6.50. The molecule has 0 aromatic carbocycles. The van der Waals surface area contributed by atoms with Crippen molar-refractivity contribution in [2.45, 2.75) is 39.5 Å². The fourth-order valence-corrected chi connectivity index (χ4v) is 1.31. The number of hydrogen-bond acceptors (Lipinski definition) is 3. The minimum atomic E-state index is 1.05. The van der Waals surface area contributed by atoms with Gasteiger partial charge in [0.05, 0.1) is 6.20 Å². The molecule has 1 heterocycles. The molecular formula is C10H19N4. The second kappa shape index (κ2) is 6.40. The molecule has 0 fully saturated rings. The van der Waals surface area contributed by atoms with Gasteiger partial charge in [-0.25, -0.2) is 0 Å². The number of aromatic nitrogens is 3. The predicted octanol–water partition coefficient (Wildman–Crippen LogP) is 1.62. The second-order valence-electron chi connectivity index (χ2n) is 3.43. The van der Waals surface area contributed by atoms with Gasteiger partial charge in [-0.05, 0) is 18.1 Å². The fourth-order valence-electron chi connectivity index (χ4n) is 1.31. The Bertz CT molecular complexity index is 212. The lowest BCUT2D eigenvalue weighted by Gasteiger charge is -2.23. The summed E-state index contributed by atoms with van der Waals surface area (Å²) in [5.74, 6) is 0. The molecule has 14 heavy (non-hydrogen) atoms. The van der Waals surface area contributed by atoms with E-state index in [4.69, 9.17) is 0 Å². The van der Waals surface area contributed by atoms with E-state index in [9.17, 15) is 0 Å². The highest BCUT2D eigenvalue weighted by molar-refractivity contribution is 4.82. The van der Waals surface area contributed by atoms with Crippen molar-refractivity contribution in [1.82, 2.24) is 15.1 Å². The summed E-state index contributed by atoms with van der Waals surface area (Å²) in [6.07, 6.45) is 9.32. The third kappa shape index (κ3) is 3.36. The highest BCUT2D eigenvalue weighted by Gasteiger charge is 2.04. The Morgan fingerprint density at radius 2 is 1.86 bits per heavy atom. The molecule has 1 rings (SSSR count). The minimum Gasteiger partial charge on any atom is -0.296 e. The normalized spacial score (nSPS) is 10.4. The van der Waals surface area contributed by atoms with Crippen molar-refractivity contribution in [2.75, 3.05) is 18.1 Å². The first-order valence-corrected chi connectivity index (χ1v) is 5.42. The Balaban J connectivity index is 2.44. The zero-order valence-corrected chi connectivity index (χ0v) is 9.11. The number of rotatable bonds is 7. The molecule has 0 N–H and O–H groups in total. The Morgan fingerprint density at radius 1 is 1.21 bits per heavy atom. The zero-order valence-electron chi connectivity index (χ0n) is 9.11. The summed E-state index contributed by atoms with van der Waals surface area (Å²) in [5, 5.41) is 9.88. The Hall–Kier alpha value is -1.06. The zero-order chi connectivity index (χ0) is 10.2. The van der Waals surface area contributed by atoms with Crippen LogP contribution in [0.4, 0.5) is 0 Å². The molecule has 0 saturated heterocycles. The van der Waals surface area contributed by atoms with Gasteiger partial charge in [0.15, 0.2) is 0 Å². The lowest BCUT2D eigenvalue weighted by Crippen LogP contribution is -2.36. The Labute approximate surface area is 85.9 Å². The molecule has 4 nitrogen and oxygen atoms in total. The molecule has 4 heteroatoms. The molecule has 0 aliphatic heterocycles. The van der Waals surface area contributed by atoms with Crippen LogP contribution in [-0.4, -0.2) is 28.2 Å². The molecule has 0 spiro atoms. The fraction of sp³-hybridized carbons (Fsp3) is 0.800. The number of unbranched alkanes of at least 4 members (excludes halogenated alkanes) is 2. The number of nitrogens with zero attached hydrogens (tertiary/aromatic N) is 4. The summed E-state index contributed by atoms with van der Waals surface area (Å²) in [6, 6.07) is 0. The molecule has 0 unspecified atom stereocenters. The molecule has 79 valence electrons. The molecule has 0 aliphatic carbocycles. The van der Waals surface area contributed by atoms with E-state index in [0.29, 0.717) is 0 Å². The van der Waals surface area contributed by atoms with Gasteiger partial charge in [0.25, 0.3) is 0 Å². The largest absolute Gasteiger partial charge is 0.296 e. The molecule has 0 amide bonds. The summed E-state index contributed by atoms with van der Waals surface area (Å²) in [4.78, 5) is 1.80. The maximum Gasteiger partial charge on any atom is 0.137 e. The molecule has 1 aromatic heterocycles. The van der Waals surface area contributed by atoms with Gasteiger partial charge in [0.2, 0.25) is 0 Å². The second-order valence-corrected chi connectivity index (χ2v) is 3.43. The molecular weight excluding hydrogens is 176 g/mol. The lowest BCUT2D eigenvalue weighted by molar-refractivity contribution is 0.489. The van der Waals surface area contributed by atoms with Gasteiger partial charge in [-0.15, -0.1) is 5.10 Å². The van der Waals surface area contributed by atoms with Crippen LogP contribution in [0.2, 0.25) is 0 Å². The smallest absolute Gasteiger partial charge is 0.137 e. The topological polar surface area (TPSA) is 34.0 Å². The van der Waals surface area contributed by atoms with Crippen LogP contribution in [0.25, 0.3) is 0 Å². The summed E-state index contributed by atoms with van der Waals surface area (Å²) >= 11 is 0. The quantitative estimate of drug-likeness (QED) is 0.663. The van der Waals surface area contributed by atoms with Crippen molar-refractivity contribution in [2.24, 2.45) is 0 Å². The van der Waals surface area contributed by atoms with Crippen LogP contribution in [-0.2, 0) is 0 Å². The number of hydrogen-bond donors (Lipinski definition) is 0. The van der Waals surface area contributed by atoms with Crippen molar-refractivity contribution in [3.63, 3.8) is 0 Å². The van der Waals surface area contributed by atoms with Gasteiger partial charge in [0.1, 0.15) is 6.20 Å². The highest BCUT2D eigenvalue weighted by atomic mass is 15.7. The van der Waals surface area contributed by atoms with Gasteiger partial charge < -0.3 is 0 Å². The highest BCUT2D eigenvalue weighted by Crippen LogP contribution is 1.97. The molecule has 0 atom stereocenters. The van der Waals surface area contributed by atoms with E-state index in [1.54, 1.807) is 11.0 Å². The van der Waals surface area contributed by atoms with Gasteiger partial charge in [0, 0.05) is 13.1 Å². The van der Waals surface area contributed by atoms with E-state index in [-0.39, 0.29) is 0 Å². The molecule has 1 radical (unpaired) electrons. The van der Waals surface area contributed by atoms with Crippen molar-refractivity contribution in [3.8, 4) is 0 Å². The van der Waals surface area contributed by atoms with E-state index in [1.807, 2.05) is 0 Å². The van der Waals surface area contributed by atoms with Gasteiger partial charge in [-0.2, -0.15) is 4.79 Å². The van der Waals surface area contributed by atoms with Crippen LogP contribution >= 0.6 is 0 Å². The summed E-state index contributed by atoms with van der Waals surface area (Å²) in [7, 11) is 0. The van der Waals surface area contributed by atoms with E-state index in [0.717, 1.165) is 13.1 Å². The molecule has 0 saturated carbocycles. The van der Waals surface area contributed by atoms with E-state index in [2.05, 4.69) is 35.4 Å². The van der Waals surface area contributed by atoms with Crippen LogP contribution in [0.1, 0.15) is 39.5 Å². The average molecular weight is 195 g/mol. The summed E-state index contributed by atoms with van der Waals surface area (Å²) < 4.78 is 0. The molecule has 0 bridgehead atoms. The first-order valence-electron chi connectivity index (χ1n) is 5.42. The van der Waals surface area contributed by atoms with Crippen LogP contribution < -0.4 is 5.01 Å². The van der Waals surface area contributed by atoms with Crippen molar-refractivity contribution < 1.29 is 0 Å². The van der Waals surface area contributed by atoms with Crippen LogP contribution in [0.3, 0.4) is 0 Å². The maximum atomic E-state index is 3.96. The third-order valence-corrected chi connectivity index (χ3v) is 2.20. The van der Waals surface area contributed by atoms with Crippen LogP contribution in [0.15, 0.2) is 6.20 Å². The van der Waals surface area contributed by atoms with Crippen LogP contribution in [0, 0.1) is 6.20 Å². The van der Waals surface area contributed by atoms with Gasteiger partial charge in [-0.3, -0.25) is 5.01 Å². The van der Waals surface area contributed by atoms with E-state index >= 15 is 0 Å². The maximum absolute atomic E-state index is 3.96. The SMILES string of the molecule is CCCCN(CCCC)n1c[c]nn1. The first-order chi connectivity index (χ1) is 6.88. The predicted molar refractivity (Wildman–Crippen MR) is 56.6 cm³/mol. The first kappa shape index (κ1) is 11.0. The Kier molecular flexibility index (Phi) is 5.04. The van der Waals surface area contributed by atoms with Gasteiger partial charge >= 0.3 is 0 Å². The minimum absolute atomic E-state index is 1.05. The third-order valence-electron chi connectivity index (χ3n) is 2.20. The van der Waals surface area contributed by atoms with E-state index in [1.165, 1.54) is 25.7 Å². The Morgan fingerprint density at radius 3 is 2.29 bits per heavy atom. The molecule has 0 aliphatic rings. The lowest BCUT2D eigenvalue weighted by atomic mass is 10.3. The van der Waals surface area contributed by atoms with Gasteiger partial charge in [-0.1, -0.05) is 26.7 Å². The molecule has 1 aromatic rings. The van der Waals surface area contributed by atoms with E-state index < -0.39 is 0 Å². The summed E-state index contributed by atoms with van der Waals surface area (Å²) in [5.41, 5.74) is 0. The monoisotopic (exact) mass is 195 g/mol.